The van der Waals surface area contributed by atoms with Crippen LogP contribution in [0.5, 0.6) is 0 Å². The molecule has 0 bridgehead atoms. The lowest BCUT2D eigenvalue weighted by atomic mass is 10.2. The Kier molecular flexibility index (Phi) is 6.76. The molecule has 134 valence electrons. The average molecular weight is 361 g/mol. The maximum Gasteiger partial charge on any atom is 0.272 e. The largest absolute Gasteiger partial charge is 0.340 e. The summed E-state index contributed by atoms with van der Waals surface area (Å²) in [6.07, 6.45) is 1.84. The van der Waals surface area contributed by atoms with Crippen LogP contribution >= 0.6 is 11.6 Å². The Balaban J connectivity index is 2.30. The Hall–Kier alpha value is -2.14. The number of benzene rings is 1. The summed E-state index contributed by atoms with van der Waals surface area (Å²) in [5.41, 5.74) is 2.21. The molecule has 1 heterocycles. The quantitative estimate of drug-likeness (QED) is 0.773. The predicted octanol–water partition coefficient (Wildman–Crippen LogP) is 4.75. The van der Waals surface area contributed by atoms with Crippen molar-refractivity contribution in [3.63, 3.8) is 0 Å². The fraction of sp³-hybridized carbons (Fsp3) is 0.421. The third kappa shape index (κ3) is 4.92. The van der Waals surface area contributed by atoms with Gasteiger partial charge >= 0.3 is 0 Å². The van der Waals surface area contributed by atoms with Crippen LogP contribution in [0.4, 0.5) is 11.5 Å². The van der Waals surface area contributed by atoms with Gasteiger partial charge < -0.3 is 10.2 Å². The van der Waals surface area contributed by atoms with Crippen LogP contribution in [0.1, 0.15) is 48.6 Å². The molecule has 0 radical (unpaired) electrons. The van der Waals surface area contributed by atoms with Crippen LogP contribution in [0.2, 0.25) is 5.02 Å². The zero-order valence-electron chi connectivity index (χ0n) is 15.3. The predicted molar refractivity (Wildman–Crippen MR) is 103 cm³/mol. The van der Waals surface area contributed by atoms with Crippen LogP contribution in [0, 0.1) is 13.8 Å². The maximum atomic E-state index is 12.8. The third-order valence-electron chi connectivity index (χ3n) is 3.86. The summed E-state index contributed by atoms with van der Waals surface area (Å²) in [7, 11) is 0. The Bertz CT molecular complexity index is 742. The maximum absolute atomic E-state index is 12.8. The lowest BCUT2D eigenvalue weighted by Crippen LogP contribution is -2.33. The number of hydrogen-bond donors (Lipinski definition) is 1. The highest BCUT2D eigenvalue weighted by molar-refractivity contribution is 6.31. The minimum absolute atomic E-state index is 0.0555. The second-order valence-electron chi connectivity index (χ2n) is 6.02. The van der Waals surface area contributed by atoms with Crippen molar-refractivity contribution in [3.05, 3.63) is 46.4 Å². The van der Waals surface area contributed by atoms with E-state index in [9.17, 15) is 4.79 Å². The van der Waals surface area contributed by atoms with E-state index in [1.54, 1.807) is 13.0 Å². The van der Waals surface area contributed by atoms with E-state index in [1.807, 2.05) is 30.0 Å². The molecule has 1 aromatic carbocycles. The van der Waals surface area contributed by atoms with Gasteiger partial charge in [0, 0.05) is 29.9 Å². The summed E-state index contributed by atoms with van der Waals surface area (Å²) in [6, 6.07) is 7.35. The molecule has 0 saturated carbocycles. The first kappa shape index (κ1) is 19.2. The number of aryl methyl sites for hydroxylation is 1. The van der Waals surface area contributed by atoms with Crippen LogP contribution in [0.3, 0.4) is 0 Å². The molecule has 0 aliphatic carbocycles. The summed E-state index contributed by atoms with van der Waals surface area (Å²) in [4.78, 5) is 23.4. The van der Waals surface area contributed by atoms with E-state index >= 15 is 0 Å². The fourth-order valence-corrected chi connectivity index (χ4v) is 2.81. The second kappa shape index (κ2) is 8.81. The summed E-state index contributed by atoms with van der Waals surface area (Å²) in [6.45, 7) is 9.32. The van der Waals surface area contributed by atoms with Crippen molar-refractivity contribution in [2.24, 2.45) is 0 Å². The first-order valence-electron chi connectivity index (χ1n) is 8.63. The van der Waals surface area contributed by atoms with Crippen molar-refractivity contribution >= 4 is 29.0 Å². The van der Waals surface area contributed by atoms with Gasteiger partial charge in [0.2, 0.25) is 0 Å². The summed E-state index contributed by atoms with van der Waals surface area (Å²) in [5.74, 6) is 1.09. The molecule has 25 heavy (non-hydrogen) atoms. The van der Waals surface area contributed by atoms with Crippen LogP contribution in [0.15, 0.2) is 24.3 Å². The van der Waals surface area contributed by atoms with Gasteiger partial charge in [0.05, 0.1) is 0 Å². The van der Waals surface area contributed by atoms with Gasteiger partial charge in [-0.05, 0) is 44.4 Å². The average Bonchev–Trinajstić information content (AvgIpc) is 2.57. The minimum Gasteiger partial charge on any atom is -0.340 e. The van der Waals surface area contributed by atoms with E-state index in [-0.39, 0.29) is 5.91 Å². The molecule has 0 unspecified atom stereocenters. The molecule has 0 saturated heterocycles. The van der Waals surface area contributed by atoms with Gasteiger partial charge in [-0.3, -0.25) is 4.79 Å². The SMILES string of the molecule is CCCN(CCC)C(=O)c1cc(Nc2cccc(Cl)c2C)nc(C)n1. The molecule has 1 aromatic heterocycles. The number of hydrogen-bond acceptors (Lipinski definition) is 4. The molecule has 0 atom stereocenters. The third-order valence-corrected chi connectivity index (χ3v) is 4.27. The van der Waals surface area contributed by atoms with E-state index in [1.165, 1.54) is 0 Å². The molecule has 1 amide bonds. The highest BCUT2D eigenvalue weighted by Crippen LogP contribution is 2.25. The Morgan fingerprint density at radius 2 is 1.84 bits per heavy atom. The van der Waals surface area contributed by atoms with E-state index in [0.29, 0.717) is 22.4 Å². The first-order chi connectivity index (χ1) is 12.0. The van der Waals surface area contributed by atoms with Gasteiger partial charge in [-0.2, -0.15) is 0 Å². The van der Waals surface area contributed by atoms with Crippen molar-refractivity contribution in [3.8, 4) is 0 Å². The van der Waals surface area contributed by atoms with Gasteiger partial charge in [0.15, 0.2) is 0 Å². The summed E-state index contributed by atoms with van der Waals surface area (Å²) >= 11 is 6.17. The number of aromatic nitrogens is 2. The van der Waals surface area contributed by atoms with Crippen molar-refractivity contribution in [2.75, 3.05) is 18.4 Å². The Labute approximate surface area is 154 Å². The number of anilines is 2. The molecular weight excluding hydrogens is 336 g/mol. The highest BCUT2D eigenvalue weighted by atomic mass is 35.5. The van der Waals surface area contributed by atoms with Gasteiger partial charge in [0.25, 0.3) is 5.91 Å². The molecule has 2 aromatic rings. The smallest absolute Gasteiger partial charge is 0.272 e. The van der Waals surface area contributed by atoms with Crippen molar-refractivity contribution in [1.82, 2.24) is 14.9 Å². The van der Waals surface area contributed by atoms with Gasteiger partial charge in [-0.15, -0.1) is 0 Å². The van der Waals surface area contributed by atoms with Crippen LogP contribution < -0.4 is 5.32 Å². The lowest BCUT2D eigenvalue weighted by molar-refractivity contribution is 0.0749. The molecule has 6 heteroatoms. The van der Waals surface area contributed by atoms with E-state index < -0.39 is 0 Å². The monoisotopic (exact) mass is 360 g/mol. The Morgan fingerprint density at radius 1 is 1.16 bits per heavy atom. The van der Waals surface area contributed by atoms with Gasteiger partial charge in [0.1, 0.15) is 17.3 Å². The van der Waals surface area contributed by atoms with Crippen molar-refractivity contribution in [1.29, 1.82) is 0 Å². The molecule has 0 aliphatic rings. The van der Waals surface area contributed by atoms with E-state index in [2.05, 4.69) is 29.1 Å². The zero-order valence-corrected chi connectivity index (χ0v) is 16.0. The van der Waals surface area contributed by atoms with Crippen molar-refractivity contribution in [2.45, 2.75) is 40.5 Å². The molecule has 0 spiro atoms. The first-order valence-corrected chi connectivity index (χ1v) is 9.01. The zero-order chi connectivity index (χ0) is 18.4. The molecule has 5 nitrogen and oxygen atoms in total. The van der Waals surface area contributed by atoms with Gasteiger partial charge in [-0.1, -0.05) is 31.5 Å². The van der Waals surface area contributed by atoms with Gasteiger partial charge in [-0.25, -0.2) is 9.97 Å². The highest BCUT2D eigenvalue weighted by Gasteiger charge is 2.17. The topological polar surface area (TPSA) is 58.1 Å². The number of carbonyl (C=O) groups is 1. The number of nitrogens with zero attached hydrogens (tertiary/aromatic N) is 3. The van der Waals surface area contributed by atoms with Crippen LogP contribution in [-0.2, 0) is 0 Å². The summed E-state index contributed by atoms with van der Waals surface area (Å²) in [5, 5.41) is 3.93. The minimum atomic E-state index is -0.0555. The number of carbonyl (C=O) groups excluding carboxylic acids is 1. The lowest BCUT2D eigenvalue weighted by Gasteiger charge is -2.21. The van der Waals surface area contributed by atoms with E-state index in [0.717, 1.165) is 37.2 Å². The summed E-state index contributed by atoms with van der Waals surface area (Å²) < 4.78 is 0. The van der Waals surface area contributed by atoms with E-state index in [4.69, 9.17) is 11.6 Å². The number of amides is 1. The van der Waals surface area contributed by atoms with Crippen LogP contribution in [0.25, 0.3) is 0 Å². The number of rotatable bonds is 7. The molecule has 0 fully saturated rings. The molecule has 1 N–H and O–H groups in total. The molecular formula is C19H25ClN4O. The second-order valence-corrected chi connectivity index (χ2v) is 6.42. The number of halogens is 1. The normalized spacial score (nSPS) is 10.6. The number of nitrogens with one attached hydrogen (secondary N) is 1. The fourth-order valence-electron chi connectivity index (χ4n) is 2.64. The molecule has 2 rings (SSSR count). The van der Waals surface area contributed by atoms with Crippen molar-refractivity contribution < 1.29 is 4.79 Å². The molecule has 0 aliphatic heterocycles. The van der Waals surface area contributed by atoms with Crippen LogP contribution in [-0.4, -0.2) is 33.9 Å². The standard InChI is InChI=1S/C19H25ClN4O/c1-5-10-24(11-6-2)19(25)17-12-18(22-14(4)21-17)23-16-9-7-8-15(20)13(16)3/h7-9,12H,5-6,10-11H2,1-4H3,(H,21,22,23). The Morgan fingerprint density at radius 3 is 2.48 bits per heavy atom.